The number of aromatic carboxylic acids is 1. The molecule has 0 atom stereocenters. The van der Waals surface area contributed by atoms with Crippen LogP contribution in [0, 0.1) is 0 Å². The number of hydrogen-bond donors (Lipinski definition) is 3. The van der Waals surface area contributed by atoms with E-state index in [0.29, 0.717) is 18.8 Å². The summed E-state index contributed by atoms with van der Waals surface area (Å²) in [5, 5.41) is 21.1. The number of benzene rings is 1. The van der Waals surface area contributed by atoms with Crippen LogP contribution in [0.2, 0.25) is 0 Å². The number of rotatable bonds is 5. The summed E-state index contributed by atoms with van der Waals surface area (Å²) in [6.45, 7) is 0.912. The Balaban J connectivity index is 1.90. The standard InChI is InChI=1S/C13H13NO4/c15-10-3-1-9(2-4-10)7-14-8-12-11(13(16)17)5-6-18-12/h1-6,14-15H,7-8H2,(H,16,17). The molecule has 1 aromatic carbocycles. The molecule has 18 heavy (non-hydrogen) atoms. The lowest BCUT2D eigenvalue weighted by atomic mass is 10.2. The highest BCUT2D eigenvalue weighted by Gasteiger charge is 2.12. The zero-order valence-electron chi connectivity index (χ0n) is 9.59. The van der Waals surface area contributed by atoms with E-state index in [9.17, 15) is 4.79 Å². The maximum Gasteiger partial charge on any atom is 0.339 e. The molecule has 94 valence electrons. The molecule has 0 saturated heterocycles. The second kappa shape index (κ2) is 5.37. The second-order valence-electron chi connectivity index (χ2n) is 3.83. The van der Waals surface area contributed by atoms with Gasteiger partial charge in [-0.3, -0.25) is 0 Å². The van der Waals surface area contributed by atoms with Crippen molar-refractivity contribution in [1.29, 1.82) is 0 Å². The molecule has 0 fully saturated rings. The van der Waals surface area contributed by atoms with Gasteiger partial charge in [0.05, 0.1) is 12.8 Å². The number of carboxylic acids is 1. The number of phenols is 1. The van der Waals surface area contributed by atoms with E-state index >= 15 is 0 Å². The third kappa shape index (κ3) is 2.89. The van der Waals surface area contributed by atoms with E-state index in [2.05, 4.69) is 5.32 Å². The summed E-state index contributed by atoms with van der Waals surface area (Å²) >= 11 is 0. The molecule has 1 heterocycles. The largest absolute Gasteiger partial charge is 0.508 e. The second-order valence-corrected chi connectivity index (χ2v) is 3.83. The van der Waals surface area contributed by atoms with Gasteiger partial charge in [-0.2, -0.15) is 0 Å². The van der Waals surface area contributed by atoms with Gasteiger partial charge in [0, 0.05) is 6.54 Å². The lowest BCUT2D eigenvalue weighted by Gasteiger charge is -2.04. The minimum atomic E-state index is -0.995. The third-order valence-electron chi connectivity index (χ3n) is 2.53. The van der Waals surface area contributed by atoms with Crippen LogP contribution < -0.4 is 5.32 Å². The average molecular weight is 247 g/mol. The molecule has 0 saturated carbocycles. The van der Waals surface area contributed by atoms with Gasteiger partial charge in [0.25, 0.3) is 0 Å². The molecular formula is C13H13NO4. The summed E-state index contributed by atoms with van der Waals surface area (Å²) in [5.74, 6) is -0.371. The number of hydrogen-bond acceptors (Lipinski definition) is 4. The van der Waals surface area contributed by atoms with Gasteiger partial charge < -0.3 is 19.9 Å². The van der Waals surface area contributed by atoms with Crippen LogP contribution in [0.15, 0.2) is 41.0 Å². The van der Waals surface area contributed by atoms with Crippen LogP contribution >= 0.6 is 0 Å². The van der Waals surface area contributed by atoms with Crippen molar-refractivity contribution in [3.05, 3.63) is 53.5 Å². The van der Waals surface area contributed by atoms with Gasteiger partial charge in [0.2, 0.25) is 0 Å². The topological polar surface area (TPSA) is 82.7 Å². The molecule has 0 spiro atoms. The highest BCUT2D eigenvalue weighted by atomic mass is 16.4. The summed E-state index contributed by atoms with van der Waals surface area (Å²) < 4.78 is 5.10. The molecule has 3 N–H and O–H groups in total. The van der Waals surface area contributed by atoms with E-state index < -0.39 is 5.97 Å². The molecule has 2 aromatic rings. The molecule has 0 unspecified atom stereocenters. The molecule has 5 nitrogen and oxygen atoms in total. The summed E-state index contributed by atoms with van der Waals surface area (Å²) in [7, 11) is 0. The fourth-order valence-corrected chi connectivity index (χ4v) is 1.60. The minimum absolute atomic E-state index is 0.174. The van der Waals surface area contributed by atoms with Crippen molar-refractivity contribution >= 4 is 5.97 Å². The molecule has 0 amide bonds. The molecule has 1 aromatic heterocycles. The van der Waals surface area contributed by atoms with Gasteiger partial charge in [-0.05, 0) is 23.8 Å². The van der Waals surface area contributed by atoms with Crippen molar-refractivity contribution in [3.8, 4) is 5.75 Å². The predicted octanol–water partition coefficient (Wildman–Crippen LogP) is 1.97. The fourth-order valence-electron chi connectivity index (χ4n) is 1.60. The van der Waals surface area contributed by atoms with E-state index in [1.165, 1.54) is 12.3 Å². The quantitative estimate of drug-likeness (QED) is 0.752. The van der Waals surface area contributed by atoms with Gasteiger partial charge in [0.1, 0.15) is 17.1 Å². The fraction of sp³-hybridized carbons (Fsp3) is 0.154. The smallest absolute Gasteiger partial charge is 0.339 e. The van der Waals surface area contributed by atoms with Crippen LogP contribution in [0.3, 0.4) is 0 Å². The van der Waals surface area contributed by atoms with Crippen LogP contribution in [0.5, 0.6) is 5.75 Å². The summed E-state index contributed by atoms with van der Waals surface area (Å²) in [6, 6.07) is 8.23. The number of furan rings is 1. The van der Waals surface area contributed by atoms with Crippen molar-refractivity contribution in [3.63, 3.8) is 0 Å². The van der Waals surface area contributed by atoms with Crippen molar-refractivity contribution in [2.24, 2.45) is 0 Å². The molecular weight excluding hydrogens is 234 g/mol. The first-order valence-electron chi connectivity index (χ1n) is 5.45. The number of aromatic hydroxyl groups is 1. The monoisotopic (exact) mass is 247 g/mol. The zero-order valence-corrected chi connectivity index (χ0v) is 9.59. The van der Waals surface area contributed by atoms with Gasteiger partial charge in [-0.25, -0.2) is 4.79 Å². The summed E-state index contributed by atoms with van der Waals surface area (Å²) in [6.07, 6.45) is 1.36. The number of carboxylic acid groups (broad SMARTS) is 1. The van der Waals surface area contributed by atoms with Crippen molar-refractivity contribution in [1.82, 2.24) is 5.32 Å². The Morgan fingerprint density at radius 2 is 1.89 bits per heavy atom. The van der Waals surface area contributed by atoms with Crippen molar-refractivity contribution in [2.45, 2.75) is 13.1 Å². The summed E-state index contributed by atoms with van der Waals surface area (Å²) in [5.41, 5.74) is 1.17. The minimum Gasteiger partial charge on any atom is -0.508 e. The predicted molar refractivity (Wildman–Crippen MR) is 64.3 cm³/mol. The Kier molecular flexibility index (Phi) is 3.64. The highest BCUT2D eigenvalue weighted by Crippen LogP contribution is 2.12. The first-order valence-corrected chi connectivity index (χ1v) is 5.45. The van der Waals surface area contributed by atoms with E-state index in [4.69, 9.17) is 14.6 Å². The Morgan fingerprint density at radius 1 is 1.17 bits per heavy atom. The lowest BCUT2D eigenvalue weighted by molar-refractivity contribution is 0.0694. The first kappa shape index (κ1) is 12.2. The summed E-state index contributed by atoms with van der Waals surface area (Å²) in [4.78, 5) is 10.8. The Labute approximate surface area is 104 Å². The maximum atomic E-state index is 10.8. The van der Waals surface area contributed by atoms with Crippen LogP contribution in [0.25, 0.3) is 0 Å². The van der Waals surface area contributed by atoms with E-state index in [1.807, 2.05) is 0 Å². The van der Waals surface area contributed by atoms with Crippen LogP contribution in [0.4, 0.5) is 0 Å². The van der Waals surface area contributed by atoms with Crippen molar-refractivity contribution in [2.75, 3.05) is 0 Å². The van der Waals surface area contributed by atoms with Gasteiger partial charge in [-0.1, -0.05) is 12.1 Å². The zero-order chi connectivity index (χ0) is 13.0. The third-order valence-corrected chi connectivity index (χ3v) is 2.53. The average Bonchev–Trinajstić information content (AvgIpc) is 2.80. The molecule has 0 aliphatic rings. The van der Waals surface area contributed by atoms with Crippen LogP contribution in [0.1, 0.15) is 21.7 Å². The Morgan fingerprint density at radius 3 is 2.56 bits per heavy atom. The maximum absolute atomic E-state index is 10.8. The Bertz CT molecular complexity index is 530. The first-order chi connectivity index (χ1) is 8.66. The molecule has 0 radical (unpaired) electrons. The molecule has 0 aliphatic carbocycles. The van der Waals surface area contributed by atoms with Gasteiger partial charge in [-0.15, -0.1) is 0 Å². The highest BCUT2D eigenvalue weighted by molar-refractivity contribution is 5.88. The molecule has 5 heteroatoms. The number of nitrogens with one attached hydrogen (secondary N) is 1. The van der Waals surface area contributed by atoms with Crippen LogP contribution in [-0.2, 0) is 13.1 Å². The number of carbonyl (C=O) groups is 1. The van der Waals surface area contributed by atoms with E-state index in [0.717, 1.165) is 5.56 Å². The molecule has 0 bridgehead atoms. The molecule has 2 rings (SSSR count). The van der Waals surface area contributed by atoms with Crippen molar-refractivity contribution < 1.29 is 19.4 Å². The number of phenolic OH excluding ortho intramolecular Hbond substituents is 1. The Hall–Kier alpha value is -2.27. The lowest BCUT2D eigenvalue weighted by Crippen LogP contribution is -2.14. The SMILES string of the molecule is O=C(O)c1ccoc1CNCc1ccc(O)cc1. The van der Waals surface area contributed by atoms with Gasteiger partial charge >= 0.3 is 5.97 Å². The van der Waals surface area contributed by atoms with Gasteiger partial charge in [0.15, 0.2) is 0 Å². The van der Waals surface area contributed by atoms with Crippen LogP contribution in [-0.4, -0.2) is 16.2 Å². The van der Waals surface area contributed by atoms with E-state index in [-0.39, 0.29) is 11.3 Å². The van der Waals surface area contributed by atoms with E-state index in [1.54, 1.807) is 24.3 Å². The normalized spacial score (nSPS) is 10.4. The molecule has 0 aliphatic heterocycles.